The third-order valence-electron chi connectivity index (χ3n) is 5.50. The molecule has 0 saturated carbocycles. The number of carbonyl (C=O) groups excluding carboxylic acids is 2. The van der Waals surface area contributed by atoms with E-state index in [2.05, 4.69) is 5.32 Å². The van der Waals surface area contributed by atoms with E-state index in [1.807, 2.05) is 27.3 Å². The second-order valence-corrected chi connectivity index (χ2v) is 10.6. The Balaban J connectivity index is 1.31. The van der Waals surface area contributed by atoms with Crippen LogP contribution < -0.4 is 15.1 Å². The van der Waals surface area contributed by atoms with Gasteiger partial charge in [0.25, 0.3) is 0 Å². The van der Waals surface area contributed by atoms with E-state index < -0.39 is 11.9 Å². The molecule has 1 atom stereocenters. The Morgan fingerprint density at radius 1 is 1.30 bits per heavy atom. The topological polar surface area (TPSA) is 65.1 Å². The number of hydrogen-bond donors (Lipinski definition) is 1. The molecule has 2 aromatic rings. The number of hydrogen-bond acceptors (Lipinski definition) is 7. The summed E-state index contributed by atoms with van der Waals surface area (Å²) in [7, 11) is 0. The van der Waals surface area contributed by atoms with Crippen LogP contribution in [0.2, 0.25) is 0 Å². The fraction of sp³-hybridized carbons (Fsp3) is 0.409. The van der Waals surface area contributed by atoms with Gasteiger partial charge in [0.15, 0.2) is 0 Å². The van der Waals surface area contributed by atoms with Gasteiger partial charge in [-0.25, -0.2) is 9.18 Å². The molecule has 0 aliphatic carbocycles. The molecule has 176 valence electrons. The quantitative estimate of drug-likeness (QED) is 0.453. The third-order valence-corrected chi connectivity index (χ3v) is 7.76. The van der Waals surface area contributed by atoms with Gasteiger partial charge in [-0.1, -0.05) is 18.3 Å². The highest BCUT2D eigenvalue weighted by Crippen LogP contribution is 2.29. The molecule has 1 unspecified atom stereocenters. The van der Waals surface area contributed by atoms with Crippen molar-refractivity contribution >= 4 is 63.7 Å². The standard InChI is InChI=1S/C22H25FN4O3S3/c1-15(31)24-12-17-13-27(22(29)30-17)16-4-5-19(18(23)11-16)25-6-8-26(9-7-25)20(28)14-33-21-3-2-10-32-21/h2-5,10-11,17H,6-9,12-14H2,1H3,(H,24,31). The molecule has 2 aliphatic heterocycles. The molecule has 2 amide bonds. The van der Waals surface area contributed by atoms with Gasteiger partial charge in [-0.05, 0) is 36.6 Å². The summed E-state index contributed by atoms with van der Waals surface area (Å²) >= 11 is 8.16. The van der Waals surface area contributed by atoms with Crippen LogP contribution in [0, 0.1) is 5.82 Å². The zero-order chi connectivity index (χ0) is 23.4. The molecule has 4 rings (SSSR count). The van der Waals surface area contributed by atoms with Gasteiger partial charge in [-0.15, -0.1) is 23.1 Å². The first-order valence-electron chi connectivity index (χ1n) is 10.6. The molecular weight excluding hydrogens is 483 g/mol. The third kappa shape index (κ3) is 5.96. The first-order valence-corrected chi connectivity index (χ1v) is 12.9. The lowest BCUT2D eigenvalue weighted by Crippen LogP contribution is -2.49. The molecule has 0 bridgehead atoms. The van der Waals surface area contributed by atoms with Gasteiger partial charge in [0.05, 0.1) is 39.4 Å². The number of anilines is 2. The monoisotopic (exact) mass is 508 g/mol. The molecule has 2 fully saturated rings. The van der Waals surface area contributed by atoms with Crippen LogP contribution in [0.3, 0.4) is 0 Å². The second-order valence-electron chi connectivity index (χ2n) is 7.78. The number of thioether (sulfide) groups is 1. The molecule has 1 aromatic heterocycles. The molecule has 7 nitrogen and oxygen atoms in total. The summed E-state index contributed by atoms with van der Waals surface area (Å²) in [5.41, 5.74) is 0.933. The summed E-state index contributed by atoms with van der Waals surface area (Å²) < 4.78 is 21.4. The van der Waals surface area contributed by atoms with E-state index in [-0.39, 0.29) is 12.0 Å². The van der Waals surface area contributed by atoms with Crippen molar-refractivity contribution in [1.82, 2.24) is 10.2 Å². The summed E-state index contributed by atoms with van der Waals surface area (Å²) in [6.45, 7) is 4.74. The Labute approximate surface area is 205 Å². The summed E-state index contributed by atoms with van der Waals surface area (Å²) in [4.78, 5) is 30.5. The van der Waals surface area contributed by atoms with Crippen LogP contribution in [0.1, 0.15) is 6.92 Å². The van der Waals surface area contributed by atoms with E-state index in [1.54, 1.807) is 42.2 Å². The Hall–Kier alpha value is -2.37. The first kappa shape index (κ1) is 23.8. The molecular formula is C22H25FN4O3S3. The van der Waals surface area contributed by atoms with Crippen molar-refractivity contribution in [2.75, 3.05) is 54.8 Å². The maximum absolute atomic E-state index is 15.0. The number of nitrogens with one attached hydrogen (secondary N) is 1. The lowest BCUT2D eigenvalue weighted by Gasteiger charge is -2.36. The number of nitrogens with zero attached hydrogens (tertiary/aromatic N) is 3. The number of amides is 2. The maximum Gasteiger partial charge on any atom is 0.414 e. The van der Waals surface area contributed by atoms with Gasteiger partial charge in [-0.3, -0.25) is 9.69 Å². The van der Waals surface area contributed by atoms with E-state index >= 15 is 0 Å². The van der Waals surface area contributed by atoms with Crippen LogP contribution in [0.4, 0.5) is 20.6 Å². The zero-order valence-electron chi connectivity index (χ0n) is 18.2. The Morgan fingerprint density at radius 2 is 2.09 bits per heavy atom. The largest absolute Gasteiger partial charge is 0.442 e. The highest BCUT2D eigenvalue weighted by Gasteiger charge is 2.33. The minimum atomic E-state index is -0.497. The van der Waals surface area contributed by atoms with Crippen molar-refractivity contribution in [3.05, 3.63) is 41.5 Å². The minimum Gasteiger partial charge on any atom is -0.442 e. The number of thiophene rings is 1. The summed E-state index contributed by atoms with van der Waals surface area (Å²) in [6, 6.07) is 8.77. The van der Waals surface area contributed by atoms with Crippen molar-refractivity contribution in [2.45, 2.75) is 17.2 Å². The highest BCUT2D eigenvalue weighted by molar-refractivity contribution is 8.01. The lowest BCUT2D eigenvalue weighted by atomic mass is 10.2. The molecule has 1 N–H and O–H groups in total. The zero-order valence-corrected chi connectivity index (χ0v) is 20.6. The Morgan fingerprint density at radius 3 is 2.76 bits per heavy atom. The van der Waals surface area contributed by atoms with Crippen LogP contribution in [0.15, 0.2) is 39.9 Å². The number of carbonyl (C=O) groups is 2. The van der Waals surface area contributed by atoms with Crippen LogP contribution in [-0.2, 0) is 9.53 Å². The normalized spacial score (nSPS) is 18.4. The highest BCUT2D eigenvalue weighted by atomic mass is 32.2. The fourth-order valence-electron chi connectivity index (χ4n) is 3.78. The summed E-state index contributed by atoms with van der Waals surface area (Å²) in [5.74, 6) is 0.115. The Kier molecular flexibility index (Phi) is 7.71. The van der Waals surface area contributed by atoms with Crippen LogP contribution in [-0.4, -0.2) is 73.0 Å². The van der Waals surface area contributed by atoms with Gasteiger partial charge in [0.2, 0.25) is 5.91 Å². The van der Waals surface area contributed by atoms with Gasteiger partial charge in [0.1, 0.15) is 11.9 Å². The molecule has 11 heteroatoms. The predicted molar refractivity (Wildman–Crippen MR) is 134 cm³/mol. The second kappa shape index (κ2) is 10.7. The van der Waals surface area contributed by atoms with Crippen molar-refractivity contribution < 1.29 is 18.7 Å². The van der Waals surface area contributed by atoms with E-state index in [1.165, 1.54) is 11.0 Å². The molecule has 1 aromatic carbocycles. The first-order chi connectivity index (χ1) is 15.9. The minimum absolute atomic E-state index is 0.101. The van der Waals surface area contributed by atoms with E-state index in [0.717, 1.165) is 4.21 Å². The molecule has 0 spiro atoms. The number of cyclic esters (lactones) is 1. The molecule has 33 heavy (non-hydrogen) atoms. The van der Waals surface area contributed by atoms with Crippen molar-refractivity contribution in [1.29, 1.82) is 0 Å². The maximum atomic E-state index is 15.0. The molecule has 2 saturated heterocycles. The van der Waals surface area contributed by atoms with E-state index in [9.17, 15) is 14.0 Å². The van der Waals surface area contributed by atoms with Gasteiger partial charge in [-0.2, -0.15) is 0 Å². The summed E-state index contributed by atoms with van der Waals surface area (Å²) in [6.07, 6.45) is -0.842. The van der Waals surface area contributed by atoms with Crippen molar-refractivity contribution in [3.63, 3.8) is 0 Å². The smallest absolute Gasteiger partial charge is 0.414 e. The van der Waals surface area contributed by atoms with Gasteiger partial charge in [0, 0.05) is 26.2 Å². The SMILES string of the molecule is CC(=S)NCC1CN(c2ccc(N3CCN(C(=O)CSc4cccs4)CC3)c(F)c2)C(=O)O1. The number of ether oxygens (including phenoxy) is 1. The fourth-order valence-corrected chi connectivity index (χ4v) is 5.55. The van der Waals surface area contributed by atoms with Crippen LogP contribution in [0.5, 0.6) is 0 Å². The number of halogens is 1. The van der Waals surface area contributed by atoms with E-state index in [0.29, 0.717) is 61.4 Å². The predicted octanol–water partition coefficient (Wildman–Crippen LogP) is 3.59. The number of thiocarbonyl (C=S) groups is 1. The molecule has 2 aliphatic rings. The van der Waals surface area contributed by atoms with Crippen LogP contribution in [0.25, 0.3) is 0 Å². The van der Waals surface area contributed by atoms with Crippen LogP contribution >= 0.6 is 35.3 Å². The number of rotatable bonds is 7. The average Bonchev–Trinajstić information content (AvgIpc) is 3.45. The van der Waals surface area contributed by atoms with E-state index in [4.69, 9.17) is 17.0 Å². The van der Waals surface area contributed by atoms with Gasteiger partial charge < -0.3 is 19.9 Å². The molecule has 0 radical (unpaired) electrons. The number of piperazine rings is 1. The average molecular weight is 509 g/mol. The van der Waals surface area contributed by atoms with Crippen molar-refractivity contribution in [2.24, 2.45) is 0 Å². The van der Waals surface area contributed by atoms with Crippen molar-refractivity contribution in [3.8, 4) is 0 Å². The lowest BCUT2D eigenvalue weighted by molar-refractivity contribution is -0.128. The Bertz CT molecular complexity index is 1010. The number of benzene rings is 1. The van der Waals surface area contributed by atoms with Gasteiger partial charge >= 0.3 is 6.09 Å². The summed E-state index contributed by atoms with van der Waals surface area (Å²) in [5, 5.41) is 4.98. The molecule has 3 heterocycles.